The van der Waals surface area contributed by atoms with E-state index in [1.54, 1.807) is 13.8 Å². The van der Waals surface area contributed by atoms with E-state index in [1.165, 1.54) is 36.9 Å². The number of carboxylic acid groups (broad SMARTS) is 1. The van der Waals surface area contributed by atoms with Gasteiger partial charge in [0, 0.05) is 12.2 Å². The Hall–Kier alpha value is -2.11. The molecule has 2 amide bonds. The number of rotatable bonds is 4. The Balaban J connectivity index is 2.96. The highest BCUT2D eigenvalue weighted by atomic mass is 19.1. The summed E-state index contributed by atoms with van der Waals surface area (Å²) >= 11 is 0. The number of aryl methyl sites for hydroxylation is 1. The van der Waals surface area contributed by atoms with E-state index < -0.39 is 23.4 Å². The Kier molecular flexibility index (Phi) is 4.70. The molecule has 20 heavy (non-hydrogen) atoms. The highest BCUT2D eigenvalue weighted by molar-refractivity contribution is 5.94. The first-order valence-corrected chi connectivity index (χ1v) is 6.28. The van der Waals surface area contributed by atoms with E-state index in [0.29, 0.717) is 11.3 Å². The summed E-state index contributed by atoms with van der Waals surface area (Å²) in [5.41, 5.74) is -0.300. The first-order valence-electron chi connectivity index (χ1n) is 6.28. The minimum Gasteiger partial charge on any atom is -0.480 e. The fourth-order valence-electron chi connectivity index (χ4n) is 1.86. The Morgan fingerprint density at radius 3 is 2.45 bits per heavy atom. The summed E-state index contributed by atoms with van der Waals surface area (Å²) in [6.07, 6.45) is 0. The summed E-state index contributed by atoms with van der Waals surface area (Å²) in [6.45, 7) is 6.51. The van der Waals surface area contributed by atoms with Gasteiger partial charge in [0.1, 0.15) is 11.4 Å². The molecule has 0 spiro atoms. The number of nitrogens with zero attached hydrogens (tertiary/aromatic N) is 1. The molecule has 0 aliphatic carbocycles. The number of amides is 2. The molecule has 110 valence electrons. The Bertz CT molecular complexity index is 529. The van der Waals surface area contributed by atoms with E-state index in [9.17, 15) is 19.1 Å². The summed E-state index contributed by atoms with van der Waals surface area (Å²) in [4.78, 5) is 24.6. The molecule has 1 aromatic rings. The molecule has 0 radical (unpaired) electrons. The summed E-state index contributed by atoms with van der Waals surface area (Å²) in [5.74, 6) is -1.48. The number of benzene rings is 1. The summed E-state index contributed by atoms with van der Waals surface area (Å²) in [7, 11) is 0. The number of carbonyl (C=O) groups is 2. The van der Waals surface area contributed by atoms with Crippen molar-refractivity contribution in [3.05, 3.63) is 29.6 Å². The normalized spacial score (nSPS) is 11.1. The zero-order chi connectivity index (χ0) is 15.5. The van der Waals surface area contributed by atoms with Crippen molar-refractivity contribution in [1.29, 1.82) is 0 Å². The molecule has 0 aliphatic rings. The van der Waals surface area contributed by atoms with Gasteiger partial charge >= 0.3 is 12.0 Å². The third-order valence-corrected chi connectivity index (χ3v) is 3.19. The fourth-order valence-corrected chi connectivity index (χ4v) is 1.86. The number of halogens is 1. The molecule has 0 fully saturated rings. The van der Waals surface area contributed by atoms with Crippen molar-refractivity contribution in [2.45, 2.75) is 33.2 Å². The van der Waals surface area contributed by atoms with Crippen molar-refractivity contribution >= 4 is 17.7 Å². The van der Waals surface area contributed by atoms with Crippen molar-refractivity contribution in [1.82, 2.24) is 4.90 Å². The lowest BCUT2D eigenvalue weighted by Gasteiger charge is -2.34. The number of hydrogen-bond acceptors (Lipinski definition) is 2. The van der Waals surface area contributed by atoms with Crippen LogP contribution in [0.3, 0.4) is 0 Å². The third-order valence-electron chi connectivity index (χ3n) is 3.19. The number of carboxylic acids is 1. The topological polar surface area (TPSA) is 69.6 Å². The summed E-state index contributed by atoms with van der Waals surface area (Å²) < 4.78 is 13.0. The van der Waals surface area contributed by atoms with Crippen molar-refractivity contribution in [2.24, 2.45) is 0 Å². The first kappa shape index (κ1) is 15.9. The fraction of sp³-hybridized carbons (Fsp3) is 0.429. The van der Waals surface area contributed by atoms with Crippen molar-refractivity contribution < 1.29 is 19.1 Å². The number of aliphatic carboxylic acids is 1. The van der Waals surface area contributed by atoms with Crippen molar-refractivity contribution in [2.75, 3.05) is 11.9 Å². The maximum absolute atomic E-state index is 13.0. The number of nitrogens with one attached hydrogen (secondary N) is 1. The molecule has 0 unspecified atom stereocenters. The second-order valence-electron chi connectivity index (χ2n) is 5.00. The Morgan fingerprint density at radius 2 is 2.00 bits per heavy atom. The average molecular weight is 282 g/mol. The smallest absolute Gasteiger partial charge is 0.329 e. The maximum Gasteiger partial charge on any atom is 0.329 e. The molecule has 0 aliphatic heterocycles. The van der Waals surface area contributed by atoms with E-state index in [4.69, 9.17) is 0 Å². The van der Waals surface area contributed by atoms with Crippen LogP contribution in [0.4, 0.5) is 14.9 Å². The predicted molar refractivity (Wildman–Crippen MR) is 74.3 cm³/mol. The molecule has 2 N–H and O–H groups in total. The lowest BCUT2D eigenvalue weighted by atomic mass is 10.0. The van der Waals surface area contributed by atoms with Gasteiger partial charge < -0.3 is 15.3 Å². The van der Waals surface area contributed by atoms with Gasteiger partial charge in [0.25, 0.3) is 0 Å². The lowest BCUT2D eigenvalue weighted by molar-refractivity contribution is -0.147. The van der Waals surface area contributed by atoms with Crippen LogP contribution < -0.4 is 5.32 Å². The number of hydrogen-bond donors (Lipinski definition) is 2. The van der Waals surface area contributed by atoms with Crippen LogP contribution in [0.25, 0.3) is 0 Å². The Labute approximate surface area is 117 Å². The zero-order valence-corrected chi connectivity index (χ0v) is 12.0. The zero-order valence-electron chi connectivity index (χ0n) is 12.0. The molecule has 0 saturated carbocycles. The molecule has 0 saturated heterocycles. The van der Waals surface area contributed by atoms with Gasteiger partial charge in [-0.15, -0.1) is 0 Å². The van der Waals surface area contributed by atoms with Crippen LogP contribution >= 0.6 is 0 Å². The number of anilines is 1. The number of carbonyl (C=O) groups excluding carboxylic acids is 1. The predicted octanol–water partition coefficient (Wildman–Crippen LogP) is 2.85. The monoisotopic (exact) mass is 282 g/mol. The van der Waals surface area contributed by atoms with Crippen LogP contribution in [-0.2, 0) is 4.79 Å². The number of likely N-dealkylation sites (N-methyl/N-ethyl adjacent to an activating group) is 1. The molecular weight excluding hydrogens is 263 g/mol. The molecule has 0 atom stereocenters. The van der Waals surface area contributed by atoms with Gasteiger partial charge in [0.15, 0.2) is 0 Å². The quantitative estimate of drug-likeness (QED) is 0.892. The van der Waals surface area contributed by atoms with Gasteiger partial charge in [-0.2, -0.15) is 0 Å². The van der Waals surface area contributed by atoms with Crippen molar-refractivity contribution in [3.63, 3.8) is 0 Å². The highest BCUT2D eigenvalue weighted by Crippen LogP contribution is 2.19. The van der Waals surface area contributed by atoms with E-state index in [1.807, 2.05) is 0 Å². The van der Waals surface area contributed by atoms with Crippen LogP contribution in [-0.4, -0.2) is 34.1 Å². The molecular formula is C14H19FN2O3. The number of urea groups is 1. The van der Waals surface area contributed by atoms with Gasteiger partial charge in [-0.3, -0.25) is 0 Å². The largest absolute Gasteiger partial charge is 0.480 e. The van der Waals surface area contributed by atoms with E-state index in [0.717, 1.165) is 0 Å². The molecule has 0 heterocycles. The minimum atomic E-state index is -1.33. The molecule has 6 heteroatoms. The van der Waals surface area contributed by atoms with E-state index >= 15 is 0 Å². The van der Waals surface area contributed by atoms with Crippen LogP contribution in [0.15, 0.2) is 18.2 Å². The first-order chi connectivity index (χ1) is 9.20. The third kappa shape index (κ3) is 3.26. The molecule has 1 aromatic carbocycles. The molecule has 5 nitrogen and oxygen atoms in total. The van der Waals surface area contributed by atoms with E-state index in [2.05, 4.69) is 5.32 Å². The lowest BCUT2D eigenvalue weighted by Crippen LogP contribution is -2.54. The minimum absolute atomic E-state index is 0.241. The molecule has 0 aromatic heterocycles. The van der Waals surface area contributed by atoms with Gasteiger partial charge in [0.05, 0.1) is 0 Å². The van der Waals surface area contributed by atoms with Crippen LogP contribution in [0.5, 0.6) is 0 Å². The van der Waals surface area contributed by atoms with Crippen molar-refractivity contribution in [3.8, 4) is 0 Å². The highest BCUT2D eigenvalue weighted by Gasteiger charge is 2.37. The maximum atomic E-state index is 13.0. The second kappa shape index (κ2) is 5.90. The second-order valence-corrected chi connectivity index (χ2v) is 5.00. The average Bonchev–Trinajstić information content (AvgIpc) is 2.33. The van der Waals surface area contributed by atoms with Gasteiger partial charge in [-0.25, -0.2) is 14.0 Å². The van der Waals surface area contributed by atoms with Crippen LogP contribution in [0.2, 0.25) is 0 Å². The van der Waals surface area contributed by atoms with Crippen LogP contribution in [0.1, 0.15) is 26.3 Å². The van der Waals surface area contributed by atoms with Gasteiger partial charge in [0.2, 0.25) is 0 Å². The van der Waals surface area contributed by atoms with Gasteiger partial charge in [-0.05, 0) is 51.5 Å². The summed E-state index contributed by atoms with van der Waals surface area (Å²) in [5, 5.41) is 11.8. The van der Waals surface area contributed by atoms with Gasteiger partial charge in [-0.1, -0.05) is 0 Å². The Morgan fingerprint density at radius 1 is 1.40 bits per heavy atom. The SMILES string of the molecule is CCN(C(=O)Nc1ccc(F)cc1C)C(C)(C)C(=O)O. The molecule has 1 rings (SSSR count). The summed E-state index contributed by atoms with van der Waals surface area (Å²) in [6, 6.07) is 3.45. The van der Waals surface area contributed by atoms with Crippen LogP contribution in [0, 0.1) is 12.7 Å². The van der Waals surface area contributed by atoms with E-state index in [-0.39, 0.29) is 6.54 Å². The molecule has 0 bridgehead atoms. The standard InChI is InChI=1S/C14H19FN2O3/c1-5-17(14(3,4)12(18)19)13(20)16-11-7-6-10(15)8-9(11)2/h6-8H,5H2,1-4H3,(H,16,20)(H,18,19).